The Kier molecular flexibility index (Phi) is 7.48. The molecule has 5 heteroatoms. The predicted molar refractivity (Wildman–Crippen MR) is 129 cm³/mol. The molecule has 33 heavy (non-hydrogen) atoms. The highest BCUT2D eigenvalue weighted by atomic mass is 16.5. The highest BCUT2D eigenvalue weighted by molar-refractivity contribution is 5.94. The van der Waals surface area contributed by atoms with Crippen LogP contribution in [0.25, 0.3) is 0 Å². The van der Waals surface area contributed by atoms with E-state index < -0.39 is 0 Å². The SMILES string of the molecule is O=C(N/N=C/c1ccc(OCc2ccccc2)c(OCc2ccccc2)c1)c1ccccc1. The number of carbonyl (C=O) groups excluding carboxylic acids is 1. The number of ether oxygens (including phenoxy) is 2. The molecule has 0 aliphatic carbocycles. The molecule has 4 rings (SSSR count). The second-order valence-corrected chi connectivity index (χ2v) is 7.32. The average Bonchev–Trinajstić information content (AvgIpc) is 2.88. The van der Waals surface area contributed by atoms with Crippen molar-refractivity contribution in [3.63, 3.8) is 0 Å². The smallest absolute Gasteiger partial charge is 0.271 e. The fraction of sp³-hybridized carbons (Fsp3) is 0.0714. The van der Waals surface area contributed by atoms with E-state index in [-0.39, 0.29) is 5.91 Å². The first-order valence-corrected chi connectivity index (χ1v) is 10.6. The van der Waals surface area contributed by atoms with Crippen molar-refractivity contribution in [1.82, 2.24) is 5.43 Å². The average molecular weight is 437 g/mol. The number of hydrazone groups is 1. The molecule has 5 nitrogen and oxygen atoms in total. The quantitative estimate of drug-likeness (QED) is 0.274. The Morgan fingerprint density at radius 1 is 0.697 bits per heavy atom. The fourth-order valence-corrected chi connectivity index (χ4v) is 3.13. The van der Waals surface area contributed by atoms with Crippen molar-refractivity contribution in [1.29, 1.82) is 0 Å². The maximum atomic E-state index is 12.2. The largest absolute Gasteiger partial charge is 0.485 e. The summed E-state index contributed by atoms with van der Waals surface area (Å²) in [6.45, 7) is 0.844. The van der Waals surface area contributed by atoms with Crippen LogP contribution in [0.5, 0.6) is 11.5 Å². The Labute approximate surface area is 193 Å². The minimum absolute atomic E-state index is 0.268. The van der Waals surface area contributed by atoms with Gasteiger partial charge in [0.1, 0.15) is 13.2 Å². The lowest BCUT2D eigenvalue weighted by molar-refractivity contribution is 0.0955. The second-order valence-electron chi connectivity index (χ2n) is 7.32. The molecule has 0 saturated heterocycles. The third-order valence-electron chi connectivity index (χ3n) is 4.86. The van der Waals surface area contributed by atoms with Crippen molar-refractivity contribution in [2.24, 2.45) is 5.10 Å². The molecule has 0 saturated carbocycles. The van der Waals surface area contributed by atoms with Crippen LogP contribution >= 0.6 is 0 Å². The molecule has 0 bridgehead atoms. The zero-order chi connectivity index (χ0) is 22.7. The van der Waals surface area contributed by atoms with Gasteiger partial charge in [-0.15, -0.1) is 0 Å². The third kappa shape index (κ3) is 6.55. The molecule has 0 aromatic heterocycles. The van der Waals surface area contributed by atoms with Gasteiger partial charge in [-0.3, -0.25) is 4.79 Å². The van der Waals surface area contributed by atoms with Gasteiger partial charge in [0.05, 0.1) is 6.21 Å². The standard InChI is InChI=1S/C28H24N2O3/c31-28(25-14-8-3-9-15-25)30-29-19-24-16-17-26(32-20-22-10-4-1-5-11-22)27(18-24)33-21-23-12-6-2-7-13-23/h1-19H,20-21H2,(H,30,31)/b29-19+. The van der Waals surface area contributed by atoms with Gasteiger partial charge in [0.25, 0.3) is 5.91 Å². The molecule has 1 amide bonds. The van der Waals surface area contributed by atoms with Crippen molar-refractivity contribution in [2.75, 3.05) is 0 Å². The van der Waals surface area contributed by atoms with Gasteiger partial charge in [-0.25, -0.2) is 5.43 Å². The first-order chi connectivity index (χ1) is 16.3. The van der Waals surface area contributed by atoms with E-state index in [2.05, 4.69) is 10.5 Å². The number of hydrogen-bond donors (Lipinski definition) is 1. The second kappa shape index (κ2) is 11.3. The lowest BCUT2D eigenvalue weighted by Gasteiger charge is -2.14. The highest BCUT2D eigenvalue weighted by Crippen LogP contribution is 2.29. The Bertz CT molecular complexity index is 1190. The molecule has 0 aliphatic rings. The van der Waals surface area contributed by atoms with Gasteiger partial charge in [-0.05, 0) is 47.0 Å². The lowest BCUT2D eigenvalue weighted by Crippen LogP contribution is -2.17. The zero-order valence-electron chi connectivity index (χ0n) is 18.1. The van der Waals surface area contributed by atoms with Crippen molar-refractivity contribution >= 4 is 12.1 Å². The van der Waals surface area contributed by atoms with E-state index in [9.17, 15) is 4.79 Å². The van der Waals surface area contributed by atoms with Gasteiger partial charge in [-0.1, -0.05) is 78.9 Å². The Balaban J connectivity index is 1.47. The number of nitrogens with one attached hydrogen (secondary N) is 1. The summed E-state index contributed by atoms with van der Waals surface area (Å²) >= 11 is 0. The summed E-state index contributed by atoms with van der Waals surface area (Å²) in [4.78, 5) is 12.2. The van der Waals surface area contributed by atoms with Gasteiger partial charge < -0.3 is 9.47 Å². The maximum Gasteiger partial charge on any atom is 0.271 e. The molecule has 0 radical (unpaired) electrons. The summed E-state index contributed by atoms with van der Waals surface area (Å²) in [5.74, 6) is 0.976. The minimum Gasteiger partial charge on any atom is -0.485 e. The fourth-order valence-electron chi connectivity index (χ4n) is 3.13. The van der Waals surface area contributed by atoms with Gasteiger partial charge in [-0.2, -0.15) is 5.10 Å². The topological polar surface area (TPSA) is 59.9 Å². The number of carbonyl (C=O) groups is 1. The van der Waals surface area contributed by atoms with E-state index in [4.69, 9.17) is 9.47 Å². The molecule has 0 atom stereocenters. The normalized spacial score (nSPS) is 10.7. The summed E-state index contributed by atoms with van der Waals surface area (Å²) in [5, 5.41) is 4.08. The molecule has 164 valence electrons. The summed E-state index contributed by atoms with van der Waals surface area (Å²) < 4.78 is 12.1. The van der Waals surface area contributed by atoms with Crippen molar-refractivity contribution in [2.45, 2.75) is 13.2 Å². The number of hydrogen-bond acceptors (Lipinski definition) is 4. The van der Waals surface area contributed by atoms with Gasteiger partial charge in [0, 0.05) is 5.56 Å². The molecular formula is C28H24N2O3. The van der Waals surface area contributed by atoms with Crippen LogP contribution in [0.4, 0.5) is 0 Å². The van der Waals surface area contributed by atoms with E-state index in [0.29, 0.717) is 30.3 Å². The minimum atomic E-state index is -0.268. The van der Waals surface area contributed by atoms with Crippen molar-refractivity contribution in [3.05, 3.63) is 131 Å². The van der Waals surface area contributed by atoms with E-state index in [1.54, 1.807) is 18.3 Å². The number of rotatable bonds is 9. The van der Waals surface area contributed by atoms with Crippen LogP contribution in [-0.2, 0) is 13.2 Å². The summed E-state index contributed by atoms with van der Waals surface area (Å²) in [7, 11) is 0. The molecular weight excluding hydrogens is 412 g/mol. The van der Waals surface area contributed by atoms with E-state index >= 15 is 0 Å². The van der Waals surface area contributed by atoms with Gasteiger partial charge in [0.2, 0.25) is 0 Å². The first kappa shape index (κ1) is 21.8. The van der Waals surface area contributed by atoms with Crippen LogP contribution in [0.2, 0.25) is 0 Å². The molecule has 0 heterocycles. The van der Waals surface area contributed by atoms with Crippen LogP contribution in [-0.4, -0.2) is 12.1 Å². The van der Waals surface area contributed by atoms with Gasteiger partial charge >= 0.3 is 0 Å². The van der Waals surface area contributed by atoms with E-state index in [1.807, 2.05) is 97.1 Å². The molecule has 0 unspecified atom stereocenters. The number of amides is 1. The molecule has 1 N–H and O–H groups in total. The van der Waals surface area contributed by atoms with Crippen LogP contribution in [0.3, 0.4) is 0 Å². The van der Waals surface area contributed by atoms with Gasteiger partial charge in [0.15, 0.2) is 11.5 Å². The molecule has 4 aromatic carbocycles. The molecule has 0 aliphatic heterocycles. The Hall–Kier alpha value is -4.38. The summed E-state index contributed by atoms with van der Waals surface area (Å²) in [5.41, 5.74) is 5.99. The van der Waals surface area contributed by atoms with Crippen LogP contribution in [0.1, 0.15) is 27.0 Å². The monoisotopic (exact) mass is 436 g/mol. The lowest BCUT2D eigenvalue weighted by atomic mass is 10.2. The highest BCUT2D eigenvalue weighted by Gasteiger charge is 2.08. The number of nitrogens with zero attached hydrogens (tertiary/aromatic N) is 1. The van der Waals surface area contributed by atoms with Crippen molar-refractivity contribution in [3.8, 4) is 11.5 Å². The van der Waals surface area contributed by atoms with E-state index in [0.717, 1.165) is 16.7 Å². The zero-order valence-corrected chi connectivity index (χ0v) is 18.1. The number of benzene rings is 4. The molecule has 0 fully saturated rings. The predicted octanol–water partition coefficient (Wildman–Crippen LogP) is 5.61. The third-order valence-corrected chi connectivity index (χ3v) is 4.86. The Morgan fingerprint density at radius 3 is 1.85 bits per heavy atom. The Morgan fingerprint density at radius 2 is 1.24 bits per heavy atom. The van der Waals surface area contributed by atoms with E-state index in [1.165, 1.54) is 0 Å². The van der Waals surface area contributed by atoms with Crippen LogP contribution < -0.4 is 14.9 Å². The first-order valence-electron chi connectivity index (χ1n) is 10.6. The van der Waals surface area contributed by atoms with Crippen LogP contribution in [0.15, 0.2) is 114 Å². The maximum absolute atomic E-state index is 12.2. The summed E-state index contributed by atoms with van der Waals surface area (Å²) in [6, 6.07) is 34.4. The molecule has 4 aromatic rings. The summed E-state index contributed by atoms with van der Waals surface area (Å²) in [6.07, 6.45) is 1.58. The molecule has 0 spiro atoms. The van der Waals surface area contributed by atoms with Crippen molar-refractivity contribution < 1.29 is 14.3 Å². The van der Waals surface area contributed by atoms with Crippen LogP contribution in [0, 0.1) is 0 Å².